The third-order valence-corrected chi connectivity index (χ3v) is 5.30. The van der Waals surface area contributed by atoms with Crippen LogP contribution < -0.4 is 15.2 Å². The molecule has 2 unspecified atom stereocenters. The Morgan fingerprint density at radius 2 is 2.15 bits per heavy atom. The van der Waals surface area contributed by atoms with Gasteiger partial charge in [-0.1, -0.05) is 13.3 Å². The number of methoxy groups -OCH3 is 1. The highest BCUT2D eigenvalue weighted by molar-refractivity contribution is 7.89. The quantitative estimate of drug-likeness (QED) is 0.815. The molecule has 20 heavy (non-hydrogen) atoms. The fourth-order valence-corrected chi connectivity index (χ4v) is 3.81. The van der Waals surface area contributed by atoms with E-state index < -0.39 is 10.0 Å². The molecule has 1 aromatic rings. The summed E-state index contributed by atoms with van der Waals surface area (Å²) >= 11 is 0. The average Bonchev–Trinajstić information content (AvgIpc) is 2.83. The maximum absolute atomic E-state index is 12.2. The number of ether oxygens (including phenoxy) is 1. The van der Waals surface area contributed by atoms with Gasteiger partial charge in [0, 0.05) is 12.6 Å². The van der Waals surface area contributed by atoms with Gasteiger partial charge in [0.15, 0.2) is 0 Å². The van der Waals surface area contributed by atoms with Crippen LogP contribution in [0.1, 0.15) is 26.2 Å². The van der Waals surface area contributed by atoms with Crippen molar-refractivity contribution in [2.45, 2.75) is 31.1 Å². The Balaban J connectivity index is 2.06. The number of hydrogen-bond donors (Lipinski definition) is 2. The van der Waals surface area contributed by atoms with Crippen LogP contribution in [0.15, 0.2) is 23.1 Å². The summed E-state index contributed by atoms with van der Waals surface area (Å²) in [5.74, 6) is 1.51. The van der Waals surface area contributed by atoms with E-state index in [0.717, 1.165) is 12.8 Å². The molecule has 2 atom stereocenters. The Hall–Kier alpha value is -1.27. The summed E-state index contributed by atoms with van der Waals surface area (Å²) in [5, 5.41) is 0. The molecule has 0 heterocycles. The van der Waals surface area contributed by atoms with Crippen molar-refractivity contribution in [3.05, 3.63) is 18.2 Å². The maximum Gasteiger partial charge on any atom is 0.240 e. The predicted molar refractivity (Wildman–Crippen MR) is 79.1 cm³/mol. The summed E-state index contributed by atoms with van der Waals surface area (Å²) in [5.41, 5.74) is 6.12. The minimum absolute atomic E-state index is 0.189. The fourth-order valence-electron chi connectivity index (χ4n) is 2.68. The summed E-state index contributed by atoms with van der Waals surface area (Å²) in [4.78, 5) is 0.189. The van der Waals surface area contributed by atoms with E-state index in [9.17, 15) is 8.42 Å². The van der Waals surface area contributed by atoms with E-state index in [1.807, 2.05) is 0 Å². The molecule has 1 aromatic carbocycles. The number of benzene rings is 1. The van der Waals surface area contributed by atoms with Crippen molar-refractivity contribution in [1.82, 2.24) is 4.72 Å². The zero-order chi connectivity index (χ0) is 14.8. The van der Waals surface area contributed by atoms with Gasteiger partial charge in [-0.05, 0) is 36.8 Å². The minimum Gasteiger partial charge on any atom is -0.495 e. The number of hydrogen-bond acceptors (Lipinski definition) is 4. The van der Waals surface area contributed by atoms with Crippen molar-refractivity contribution in [2.75, 3.05) is 19.4 Å². The van der Waals surface area contributed by atoms with Crippen molar-refractivity contribution in [2.24, 2.45) is 11.8 Å². The molecule has 0 aliphatic heterocycles. The Kier molecular flexibility index (Phi) is 4.55. The van der Waals surface area contributed by atoms with Gasteiger partial charge in [0.25, 0.3) is 0 Å². The monoisotopic (exact) mass is 298 g/mol. The third-order valence-electron chi connectivity index (χ3n) is 3.88. The number of nitrogens with two attached hydrogens (primary N) is 1. The van der Waals surface area contributed by atoms with E-state index in [1.54, 1.807) is 6.07 Å². The van der Waals surface area contributed by atoms with Crippen molar-refractivity contribution in [3.8, 4) is 5.75 Å². The van der Waals surface area contributed by atoms with Crippen LogP contribution in [0.5, 0.6) is 5.75 Å². The van der Waals surface area contributed by atoms with E-state index >= 15 is 0 Å². The second kappa shape index (κ2) is 6.01. The first-order chi connectivity index (χ1) is 9.42. The van der Waals surface area contributed by atoms with Gasteiger partial charge in [0.2, 0.25) is 10.0 Å². The number of sulfonamides is 1. The zero-order valence-electron chi connectivity index (χ0n) is 11.9. The van der Waals surface area contributed by atoms with Gasteiger partial charge in [-0.15, -0.1) is 0 Å². The normalized spacial score (nSPS) is 22.9. The Morgan fingerprint density at radius 1 is 1.40 bits per heavy atom. The van der Waals surface area contributed by atoms with Crippen molar-refractivity contribution >= 4 is 15.7 Å². The summed E-state index contributed by atoms with van der Waals surface area (Å²) in [6.07, 6.45) is 3.37. The molecule has 0 radical (unpaired) electrons. The molecule has 1 saturated carbocycles. The van der Waals surface area contributed by atoms with Crippen molar-refractivity contribution in [3.63, 3.8) is 0 Å². The van der Waals surface area contributed by atoms with Gasteiger partial charge in [-0.25, -0.2) is 13.1 Å². The highest BCUT2D eigenvalue weighted by Crippen LogP contribution is 2.30. The van der Waals surface area contributed by atoms with Gasteiger partial charge in [-0.3, -0.25) is 0 Å². The summed E-state index contributed by atoms with van der Waals surface area (Å²) in [7, 11) is -2.03. The standard InChI is InChI=1S/C14H22N2O3S/c1-10-3-4-11(7-10)9-16-20(17,18)12-5-6-13(15)14(8-12)19-2/h5-6,8,10-11,16H,3-4,7,9,15H2,1-2H3. The first-order valence-corrected chi connectivity index (χ1v) is 8.34. The van der Waals surface area contributed by atoms with E-state index in [4.69, 9.17) is 10.5 Å². The van der Waals surface area contributed by atoms with E-state index in [2.05, 4.69) is 11.6 Å². The fraction of sp³-hybridized carbons (Fsp3) is 0.571. The van der Waals surface area contributed by atoms with Crippen LogP contribution in [-0.4, -0.2) is 22.1 Å². The third kappa shape index (κ3) is 3.43. The lowest BCUT2D eigenvalue weighted by Gasteiger charge is -2.13. The maximum atomic E-state index is 12.2. The van der Waals surface area contributed by atoms with Crippen LogP contribution in [0.2, 0.25) is 0 Å². The second-order valence-electron chi connectivity index (χ2n) is 5.54. The molecule has 0 amide bonds. The van der Waals surface area contributed by atoms with Crippen LogP contribution in [0.25, 0.3) is 0 Å². The van der Waals surface area contributed by atoms with E-state index in [1.165, 1.54) is 25.7 Å². The molecule has 112 valence electrons. The molecule has 1 aliphatic rings. The molecule has 0 saturated heterocycles. The molecular weight excluding hydrogens is 276 g/mol. The summed E-state index contributed by atoms with van der Waals surface area (Å²) in [6, 6.07) is 4.50. The molecule has 6 heteroatoms. The van der Waals surface area contributed by atoms with Gasteiger partial charge in [0.05, 0.1) is 17.7 Å². The smallest absolute Gasteiger partial charge is 0.240 e. The SMILES string of the molecule is COc1cc(S(=O)(=O)NCC2CCC(C)C2)ccc1N. The number of nitrogen functional groups attached to an aromatic ring is 1. The largest absolute Gasteiger partial charge is 0.495 e. The number of anilines is 1. The molecule has 1 aliphatic carbocycles. The minimum atomic E-state index is -3.50. The van der Waals surface area contributed by atoms with Gasteiger partial charge in [0.1, 0.15) is 5.75 Å². The second-order valence-corrected chi connectivity index (χ2v) is 7.31. The van der Waals surface area contributed by atoms with Crippen molar-refractivity contribution in [1.29, 1.82) is 0 Å². The first kappa shape index (κ1) is 15.1. The molecule has 1 fully saturated rings. The molecule has 5 nitrogen and oxygen atoms in total. The number of nitrogens with one attached hydrogen (secondary N) is 1. The van der Waals surface area contributed by atoms with Crippen LogP contribution >= 0.6 is 0 Å². The van der Waals surface area contributed by atoms with Crippen molar-refractivity contribution < 1.29 is 13.2 Å². The lowest BCUT2D eigenvalue weighted by atomic mass is 10.1. The molecule has 2 rings (SSSR count). The average molecular weight is 298 g/mol. The van der Waals surface area contributed by atoms with Crippen LogP contribution in [0.3, 0.4) is 0 Å². The predicted octanol–water partition coefficient (Wildman–Crippen LogP) is 1.99. The Morgan fingerprint density at radius 3 is 2.75 bits per heavy atom. The van der Waals surface area contributed by atoms with E-state index in [-0.39, 0.29) is 4.90 Å². The van der Waals surface area contributed by atoms with E-state index in [0.29, 0.717) is 29.8 Å². The molecule has 0 spiro atoms. The van der Waals surface area contributed by atoms with Gasteiger partial charge in [-0.2, -0.15) is 0 Å². The highest BCUT2D eigenvalue weighted by atomic mass is 32.2. The highest BCUT2D eigenvalue weighted by Gasteiger charge is 2.24. The van der Waals surface area contributed by atoms with Crippen LogP contribution in [-0.2, 0) is 10.0 Å². The topological polar surface area (TPSA) is 81.4 Å². The molecule has 0 bridgehead atoms. The zero-order valence-corrected chi connectivity index (χ0v) is 12.7. The van der Waals surface area contributed by atoms with Crippen LogP contribution in [0.4, 0.5) is 5.69 Å². The molecule has 0 aromatic heterocycles. The van der Waals surface area contributed by atoms with Crippen LogP contribution in [0, 0.1) is 11.8 Å². The summed E-state index contributed by atoms with van der Waals surface area (Å²) in [6.45, 7) is 2.71. The van der Waals surface area contributed by atoms with Gasteiger partial charge >= 0.3 is 0 Å². The molecular formula is C14H22N2O3S. The molecule has 3 N–H and O–H groups in total. The lowest BCUT2D eigenvalue weighted by molar-refractivity contribution is 0.415. The Labute approximate surface area is 120 Å². The van der Waals surface area contributed by atoms with Gasteiger partial charge < -0.3 is 10.5 Å². The first-order valence-electron chi connectivity index (χ1n) is 6.85. The number of rotatable bonds is 5. The lowest BCUT2D eigenvalue weighted by Crippen LogP contribution is -2.28. The Bertz CT molecular complexity index is 572. The summed E-state index contributed by atoms with van der Waals surface area (Å²) < 4.78 is 32.2.